The molecule has 0 unspecified atom stereocenters. The Morgan fingerprint density at radius 3 is 2.76 bits per heavy atom. The van der Waals surface area contributed by atoms with Gasteiger partial charge in [-0.1, -0.05) is 18.2 Å². The second-order valence-electron chi connectivity index (χ2n) is 6.16. The van der Waals surface area contributed by atoms with Crippen molar-refractivity contribution in [3.05, 3.63) is 54.0 Å². The van der Waals surface area contributed by atoms with Crippen LogP contribution >= 0.6 is 0 Å². The summed E-state index contributed by atoms with van der Waals surface area (Å²) in [5, 5.41) is 0. The molecule has 0 saturated carbocycles. The number of rotatable bonds is 5. The van der Waals surface area contributed by atoms with Crippen molar-refractivity contribution in [2.45, 2.75) is 25.4 Å². The summed E-state index contributed by atoms with van der Waals surface area (Å²) in [6.07, 6.45) is 1.75. The highest BCUT2D eigenvalue weighted by atomic mass is 16.5. The summed E-state index contributed by atoms with van der Waals surface area (Å²) >= 11 is 0. The van der Waals surface area contributed by atoms with Crippen LogP contribution in [0.25, 0.3) is 0 Å². The summed E-state index contributed by atoms with van der Waals surface area (Å²) in [5.41, 5.74) is 0.927. The van der Waals surface area contributed by atoms with Gasteiger partial charge in [-0.05, 0) is 44.2 Å². The fourth-order valence-electron chi connectivity index (χ4n) is 3.16. The van der Waals surface area contributed by atoms with Crippen molar-refractivity contribution in [1.82, 2.24) is 4.90 Å². The molecule has 0 radical (unpaired) electrons. The molecule has 0 aliphatic carbocycles. The van der Waals surface area contributed by atoms with E-state index in [0.717, 1.165) is 25.1 Å². The van der Waals surface area contributed by atoms with Crippen LogP contribution in [0, 0.1) is 0 Å². The van der Waals surface area contributed by atoms with Crippen molar-refractivity contribution in [1.29, 1.82) is 0 Å². The smallest absolute Gasteiger partial charge is 0.373 e. The van der Waals surface area contributed by atoms with Crippen LogP contribution < -0.4 is 4.90 Å². The monoisotopic (exact) mass is 342 g/mol. The summed E-state index contributed by atoms with van der Waals surface area (Å²) in [4.78, 5) is 28.2. The summed E-state index contributed by atoms with van der Waals surface area (Å²) < 4.78 is 10.1. The largest absolute Gasteiger partial charge is 0.463 e. The molecule has 1 atom stereocenters. The Morgan fingerprint density at radius 2 is 2.04 bits per heavy atom. The number of likely N-dealkylation sites (N-methyl/N-ethyl adjacent to an activating group) is 1. The molecule has 2 aromatic rings. The Bertz CT molecular complexity index is 741. The Labute approximate surface area is 147 Å². The summed E-state index contributed by atoms with van der Waals surface area (Å²) in [7, 11) is 3.22. The van der Waals surface area contributed by atoms with E-state index < -0.39 is 5.97 Å². The van der Waals surface area contributed by atoms with Crippen LogP contribution in [0.1, 0.15) is 29.2 Å². The number of para-hydroxylation sites is 1. The number of hydrogen-bond donors (Lipinski definition) is 0. The Balaban J connectivity index is 1.69. The van der Waals surface area contributed by atoms with Crippen molar-refractivity contribution in [2.75, 3.05) is 25.6 Å². The molecule has 1 fully saturated rings. The van der Waals surface area contributed by atoms with E-state index in [2.05, 4.69) is 4.74 Å². The lowest BCUT2D eigenvalue weighted by Gasteiger charge is -2.36. The summed E-state index contributed by atoms with van der Waals surface area (Å²) in [6.45, 7) is 1.19. The molecule has 1 aliphatic heterocycles. The van der Waals surface area contributed by atoms with Crippen molar-refractivity contribution in [3.8, 4) is 0 Å². The Hall–Kier alpha value is -2.60. The molecule has 1 aromatic heterocycles. The topological polar surface area (TPSA) is 63.0 Å². The molecule has 3 rings (SSSR count). The molecule has 6 heteroatoms. The number of nitrogens with zero attached hydrogens (tertiary/aromatic N) is 2. The van der Waals surface area contributed by atoms with E-state index in [0.29, 0.717) is 12.3 Å². The van der Waals surface area contributed by atoms with Crippen LogP contribution in [0.4, 0.5) is 5.69 Å². The molecule has 132 valence electrons. The van der Waals surface area contributed by atoms with Crippen LogP contribution in [-0.2, 0) is 16.1 Å². The summed E-state index contributed by atoms with van der Waals surface area (Å²) in [5.74, 6) is 0.400. The maximum atomic E-state index is 12.9. The van der Waals surface area contributed by atoms with E-state index in [1.165, 1.54) is 7.11 Å². The number of carbonyl (C=O) groups excluding carboxylic acids is 2. The molecule has 1 amide bonds. The fraction of sp³-hybridized carbons (Fsp3) is 0.368. The lowest BCUT2D eigenvalue weighted by molar-refractivity contribution is -0.125. The van der Waals surface area contributed by atoms with Crippen molar-refractivity contribution in [2.24, 2.45) is 0 Å². The van der Waals surface area contributed by atoms with Gasteiger partial charge >= 0.3 is 5.97 Å². The molecule has 2 heterocycles. The molecule has 6 nitrogen and oxygen atoms in total. The first-order valence-electron chi connectivity index (χ1n) is 8.34. The number of carbonyl (C=O) groups is 2. The molecule has 0 spiro atoms. The number of benzene rings is 1. The number of hydrogen-bond acceptors (Lipinski definition) is 5. The minimum atomic E-state index is -0.502. The highest BCUT2D eigenvalue weighted by Crippen LogP contribution is 2.24. The first-order chi connectivity index (χ1) is 12.1. The van der Waals surface area contributed by atoms with E-state index in [1.807, 2.05) is 47.2 Å². The van der Waals surface area contributed by atoms with Crippen LogP contribution in [0.3, 0.4) is 0 Å². The zero-order valence-corrected chi connectivity index (χ0v) is 14.5. The average molecular weight is 342 g/mol. The number of methoxy groups -OCH3 is 1. The SMILES string of the molecule is COC(=O)c1ccc(CN(C)[C@H]2CCCN(c3ccccc3)C2=O)o1. The molecule has 1 aromatic carbocycles. The van der Waals surface area contributed by atoms with Gasteiger partial charge in [0.1, 0.15) is 5.76 Å². The van der Waals surface area contributed by atoms with E-state index in [-0.39, 0.29) is 17.7 Å². The van der Waals surface area contributed by atoms with Gasteiger partial charge in [0, 0.05) is 12.2 Å². The van der Waals surface area contributed by atoms with Crippen LogP contribution in [0.5, 0.6) is 0 Å². The fourth-order valence-corrected chi connectivity index (χ4v) is 3.16. The normalized spacial score (nSPS) is 17.8. The van der Waals surface area contributed by atoms with Crippen molar-refractivity contribution in [3.63, 3.8) is 0 Å². The highest BCUT2D eigenvalue weighted by molar-refractivity contribution is 5.97. The van der Waals surface area contributed by atoms with Gasteiger partial charge in [0.05, 0.1) is 19.7 Å². The molecular weight excluding hydrogens is 320 g/mol. The molecule has 25 heavy (non-hydrogen) atoms. The number of furan rings is 1. The predicted molar refractivity (Wildman–Crippen MR) is 93.3 cm³/mol. The third-order valence-electron chi connectivity index (χ3n) is 4.46. The number of anilines is 1. The Kier molecular flexibility index (Phi) is 5.19. The lowest BCUT2D eigenvalue weighted by atomic mass is 10.0. The quantitative estimate of drug-likeness (QED) is 0.782. The molecular formula is C19H22N2O4. The minimum Gasteiger partial charge on any atom is -0.463 e. The van der Waals surface area contributed by atoms with E-state index in [4.69, 9.17) is 4.42 Å². The number of esters is 1. The maximum Gasteiger partial charge on any atom is 0.373 e. The number of amides is 1. The Morgan fingerprint density at radius 1 is 1.28 bits per heavy atom. The van der Waals surface area contributed by atoms with Gasteiger partial charge in [-0.2, -0.15) is 0 Å². The second kappa shape index (κ2) is 7.53. The van der Waals surface area contributed by atoms with Gasteiger partial charge in [0.25, 0.3) is 0 Å². The molecule has 0 bridgehead atoms. The summed E-state index contributed by atoms with van der Waals surface area (Å²) in [6, 6.07) is 12.8. The maximum absolute atomic E-state index is 12.9. The van der Waals surface area contributed by atoms with E-state index in [1.54, 1.807) is 12.1 Å². The van der Waals surface area contributed by atoms with Gasteiger partial charge in [0.2, 0.25) is 11.7 Å². The second-order valence-corrected chi connectivity index (χ2v) is 6.16. The lowest BCUT2D eigenvalue weighted by Crippen LogP contribution is -2.51. The average Bonchev–Trinajstić information content (AvgIpc) is 3.10. The van der Waals surface area contributed by atoms with Crippen molar-refractivity contribution < 1.29 is 18.7 Å². The van der Waals surface area contributed by atoms with Gasteiger partial charge in [-0.25, -0.2) is 4.79 Å². The van der Waals surface area contributed by atoms with Gasteiger partial charge < -0.3 is 14.1 Å². The standard InChI is InChI=1S/C19H22N2O4/c1-20(13-15-10-11-17(25-15)19(23)24-2)16-9-6-12-21(18(16)22)14-7-4-3-5-8-14/h3-5,7-8,10-11,16H,6,9,12-13H2,1-2H3/t16-/m0/s1. The van der Waals surface area contributed by atoms with Gasteiger partial charge in [-0.15, -0.1) is 0 Å². The van der Waals surface area contributed by atoms with Gasteiger partial charge in [-0.3, -0.25) is 9.69 Å². The van der Waals surface area contributed by atoms with Crippen molar-refractivity contribution >= 4 is 17.6 Å². The van der Waals surface area contributed by atoms with E-state index >= 15 is 0 Å². The minimum absolute atomic E-state index is 0.0969. The molecule has 1 saturated heterocycles. The molecule has 0 N–H and O–H groups in total. The highest BCUT2D eigenvalue weighted by Gasteiger charge is 2.32. The van der Waals surface area contributed by atoms with Crippen LogP contribution in [-0.4, -0.2) is 43.5 Å². The number of piperidine rings is 1. The van der Waals surface area contributed by atoms with Gasteiger partial charge in [0.15, 0.2) is 0 Å². The predicted octanol–water partition coefficient (Wildman–Crippen LogP) is 2.69. The van der Waals surface area contributed by atoms with Crippen LogP contribution in [0.2, 0.25) is 0 Å². The third kappa shape index (κ3) is 3.74. The third-order valence-corrected chi connectivity index (χ3v) is 4.46. The first kappa shape index (κ1) is 17.2. The molecule has 1 aliphatic rings. The zero-order valence-electron chi connectivity index (χ0n) is 14.5. The van der Waals surface area contributed by atoms with E-state index in [9.17, 15) is 9.59 Å². The first-order valence-corrected chi connectivity index (χ1v) is 8.34. The van der Waals surface area contributed by atoms with Crippen LogP contribution in [0.15, 0.2) is 46.9 Å². The zero-order chi connectivity index (χ0) is 17.8. The number of ether oxygens (including phenoxy) is 1.